The third kappa shape index (κ3) is 3.66. The molecule has 0 bridgehead atoms. The number of nitrogens with one attached hydrogen (secondary N) is 1. The van der Waals surface area contributed by atoms with Crippen molar-refractivity contribution in [1.29, 1.82) is 10.5 Å². The molecule has 0 spiro atoms. The van der Waals surface area contributed by atoms with E-state index < -0.39 is 5.91 Å². The molecule has 90 valence electrons. The van der Waals surface area contributed by atoms with Gasteiger partial charge >= 0.3 is 0 Å². The van der Waals surface area contributed by atoms with Gasteiger partial charge in [-0.05, 0) is 23.8 Å². The number of likely N-dealkylation sites (N-methyl/N-ethyl adjacent to an activating group) is 1. The van der Waals surface area contributed by atoms with Gasteiger partial charge in [0.2, 0.25) is 0 Å². The number of ether oxygens (including phenoxy) is 1. The van der Waals surface area contributed by atoms with Crippen LogP contribution in [-0.2, 0) is 4.79 Å². The lowest BCUT2D eigenvalue weighted by Crippen LogP contribution is -2.19. The second kappa shape index (κ2) is 6.72. The summed E-state index contributed by atoms with van der Waals surface area (Å²) < 4.78 is 5.08. The molecule has 0 saturated carbocycles. The van der Waals surface area contributed by atoms with E-state index in [1.54, 1.807) is 24.3 Å². The van der Waals surface area contributed by atoms with Crippen LogP contribution in [0, 0.1) is 22.7 Å². The maximum Gasteiger partial charge on any atom is 0.261 e. The summed E-state index contributed by atoms with van der Waals surface area (Å²) in [7, 11) is 1.46. The van der Waals surface area contributed by atoms with Gasteiger partial charge in [0.05, 0.1) is 0 Å². The van der Waals surface area contributed by atoms with Crippen LogP contribution in [0.5, 0.6) is 5.75 Å². The second-order valence-corrected chi connectivity index (χ2v) is 3.26. The Morgan fingerprint density at radius 1 is 1.39 bits per heavy atom. The summed E-state index contributed by atoms with van der Waals surface area (Å²) in [5.74, 6) is 0.134. The molecule has 0 saturated heterocycles. The summed E-state index contributed by atoms with van der Waals surface area (Å²) in [4.78, 5) is 11.3. The molecule has 0 fully saturated rings. The molecule has 1 aromatic rings. The normalized spacial score (nSPS) is 10.1. The van der Waals surface area contributed by atoms with Crippen LogP contribution in [0.3, 0.4) is 0 Å². The van der Waals surface area contributed by atoms with Crippen LogP contribution in [0.25, 0.3) is 6.08 Å². The first-order valence-electron chi connectivity index (χ1n) is 5.15. The fraction of sp³-hybridized carbons (Fsp3) is 0.154. The standard InChI is InChI=1S/C13H11N3O2/c1-16-13(17)11(9-15)8-10-2-4-12(5-3-10)18-7-6-14/h2-5,8H,7H2,1H3,(H,16,17)/b11-8+. The van der Waals surface area contributed by atoms with Crippen molar-refractivity contribution in [1.82, 2.24) is 5.32 Å². The van der Waals surface area contributed by atoms with E-state index in [2.05, 4.69) is 5.32 Å². The largest absolute Gasteiger partial charge is 0.479 e. The summed E-state index contributed by atoms with van der Waals surface area (Å²) in [6, 6.07) is 10.4. The molecule has 0 atom stereocenters. The van der Waals surface area contributed by atoms with E-state index in [0.29, 0.717) is 11.3 Å². The van der Waals surface area contributed by atoms with E-state index in [1.165, 1.54) is 13.1 Å². The number of nitrogens with zero attached hydrogens (tertiary/aromatic N) is 2. The smallest absolute Gasteiger partial charge is 0.261 e. The quantitative estimate of drug-likeness (QED) is 0.634. The predicted molar refractivity (Wildman–Crippen MR) is 65.2 cm³/mol. The highest BCUT2D eigenvalue weighted by molar-refractivity contribution is 6.01. The number of hydrogen-bond acceptors (Lipinski definition) is 4. The lowest BCUT2D eigenvalue weighted by atomic mass is 10.1. The zero-order valence-electron chi connectivity index (χ0n) is 9.80. The molecule has 0 unspecified atom stereocenters. The van der Waals surface area contributed by atoms with Crippen molar-refractivity contribution in [3.63, 3.8) is 0 Å². The molecule has 1 amide bonds. The van der Waals surface area contributed by atoms with Gasteiger partial charge in [-0.15, -0.1) is 0 Å². The van der Waals surface area contributed by atoms with Gasteiger partial charge < -0.3 is 10.1 Å². The van der Waals surface area contributed by atoms with Crippen molar-refractivity contribution >= 4 is 12.0 Å². The van der Waals surface area contributed by atoms with E-state index in [0.717, 1.165) is 0 Å². The second-order valence-electron chi connectivity index (χ2n) is 3.26. The van der Waals surface area contributed by atoms with Crippen molar-refractivity contribution in [2.24, 2.45) is 0 Å². The first kappa shape index (κ1) is 13.3. The molecule has 0 radical (unpaired) electrons. The van der Waals surface area contributed by atoms with Gasteiger partial charge in [0.1, 0.15) is 23.5 Å². The Hall–Kier alpha value is -2.79. The highest BCUT2D eigenvalue weighted by Gasteiger charge is 2.05. The summed E-state index contributed by atoms with van der Waals surface area (Å²) in [6.45, 7) is -0.0170. The van der Waals surface area contributed by atoms with E-state index in [4.69, 9.17) is 15.3 Å². The topological polar surface area (TPSA) is 85.9 Å². The zero-order valence-corrected chi connectivity index (χ0v) is 9.80. The molecule has 0 aliphatic heterocycles. The summed E-state index contributed by atoms with van der Waals surface area (Å²) >= 11 is 0. The lowest BCUT2D eigenvalue weighted by Gasteiger charge is -2.02. The average molecular weight is 241 g/mol. The lowest BCUT2D eigenvalue weighted by molar-refractivity contribution is -0.116. The first-order chi connectivity index (χ1) is 8.71. The first-order valence-corrected chi connectivity index (χ1v) is 5.15. The molecule has 1 N–H and O–H groups in total. The van der Waals surface area contributed by atoms with Gasteiger partial charge in [-0.3, -0.25) is 4.79 Å². The van der Waals surface area contributed by atoms with Gasteiger partial charge in [0, 0.05) is 7.05 Å². The highest BCUT2D eigenvalue weighted by Crippen LogP contribution is 2.14. The maximum absolute atomic E-state index is 11.3. The van der Waals surface area contributed by atoms with Gasteiger partial charge in [-0.25, -0.2) is 0 Å². The Morgan fingerprint density at radius 2 is 2.06 bits per heavy atom. The zero-order chi connectivity index (χ0) is 13.4. The van der Waals surface area contributed by atoms with Gasteiger partial charge in [0.15, 0.2) is 6.61 Å². The molecule has 18 heavy (non-hydrogen) atoms. The summed E-state index contributed by atoms with van der Waals surface area (Å²) in [5.41, 5.74) is 0.739. The molecular weight excluding hydrogens is 230 g/mol. The Balaban J connectivity index is 2.86. The molecule has 5 heteroatoms. The van der Waals surface area contributed by atoms with E-state index in [-0.39, 0.29) is 12.2 Å². The number of amides is 1. The van der Waals surface area contributed by atoms with Crippen LogP contribution in [-0.4, -0.2) is 19.6 Å². The Labute approximate surface area is 105 Å². The van der Waals surface area contributed by atoms with Crippen molar-refractivity contribution < 1.29 is 9.53 Å². The van der Waals surface area contributed by atoms with Gasteiger partial charge in [0.25, 0.3) is 5.91 Å². The SMILES string of the molecule is CNC(=O)/C(C#N)=C/c1ccc(OCC#N)cc1. The van der Waals surface area contributed by atoms with Crippen LogP contribution in [0.15, 0.2) is 29.8 Å². The number of carbonyl (C=O) groups excluding carboxylic acids is 1. The average Bonchev–Trinajstić information content (AvgIpc) is 2.43. The Kier molecular flexibility index (Phi) is 4.96. The van der Waals surface area contributed by atoms with Crippen LogP contribution < -0.4 is 10.1 Å². The Morgan fingerprint density at radius 3 is 2.56 bits per heavy atom. The molecule has 0 aromatic heterocycles. The van der Waals surface area contributed by atoms with E-state index in [1.807, 2.05) is 12.1 Å². The van der Waals surface area contributed by atoms with Gasteiger partial charge in [-0.2, -0.15) is 10.5 Å². The van der Waals surface area contributed by atoms with Crippen LogP contribution >= 0.6 is 0 Å². The minimum atomic E-state index is -0.428. The molecular formula is C13H11N3O2. The van der Waals surface area contributed by atoms with Crippen LogP contribution in [0.4, 0.5) is 0 Å². The third-order valence-corrected chi connectivity index (χ3v) is 2.09. The fourth-order valence-electron chi connectivity index (χ4n) is 1.23. The molecule has 0 heterocycles. The molecule has 1 aromatic carbocycles. The highest BCUT2D eigenvalue weighted by atomic mass is 16.5. The van der Waals surface area contributed by atoms with Crippen molar-refractivity contribution in [3.8, 4) is 17.9 Å². The van der Waals surface area contributed by atoms with Crippen molar-refractivity contribution in [2.75, 3.05) is 13.7 Å². The molecule has 5 nitrogen and oxygen atoms in total. The number of hydrogen-bond donors (Lipinski definition) is 1. The Bertz CT molecular complexity index is 533. The number of benzene rings is 1. The third-order valence-electron chi connectivity index (χ3n) is 2.09. The van der Waals surface area contributed by atoms with Crippen molar-refractivity contribution in [3.05, 3.63) is 35.4 Å². The number of carbonyl (C=O) groups is 1. The number of nitriles is 2. The molecule has 1 rings (SSSR count). The van der Waals surface area contributed by atoms with E-state index in [9.17, 15) is 4.79 Å². The fourth-order valence-corrected chi connectivity index (χ4v) is 1.23. The van der Waals surface area contributed by atoms with E-state index >= 15 is 0 Å². The minimum Gasteiger partial charge on any atom is -0.479 e. The van der Waals surface area contributed by atoms with Gasteiger partial charge in [-0.1, -0.05) is 12.1 Å². The predicted octanol–water partition coefficient (Wildman–Crippen LogP) is 1.24. The van der Waals surface area contributed by atoms with Crippen LogP contribution in [0.2, 0.25) is 0 Å². The van der Waals surface area contributed by atoms with Crippen LogP contribution in [0.1, 0.15) is 5.56 Å². The summed E-state index contributed by atoms with van der Waals surface area (Å²) in [6.07, 6.45) is 1.48. The van der Waals surface area contributed by atoms with Crippen molar-refractivity contribution in [2.45, 2.75) is 0 Å². The monoisotopic (exact) mass is 241 g/mol. The minimum absolute atomic E-state index is 0.0170. The molecule has 0 aliphatic rings. The molecule has 0 aliphatic carbocycles. The summed E-state index contributed by atoms with van der Waals surface area (Å²) in [5, 5.41) is 19.6. The number of rotatable bonds is 4. The maximum atomic E-state index is 11.3.